The van der Waals surface area contributed by atoms with E-state index in [1.807, 2.05) is 0 Å². The predicted octanol–water partition coefficient (Wildman–Crippen LogP) is 2.20. The lowest BCUT2D eigenvalue weighted by atomic mass is 10.3. The minimum atomic E-state index is -0.627. The van der Waals surface area contributed by atoms with Gasteiger partial charge in [-0.15, -0.1) is 0 Å². The Labute approximate surface area is 156 Å². The first-order valence-corrected chi connectivity index (χ1v) is 8.04. The van der Waals surface area contributed by atoms with Crippen LogP contribution in [0.25, 0.3) is 0 Å². The van der Waals surface area contributed by atoms with Crippen LogP contribution < -0.4 is 14.4 Å². The van der Waals surface area contributed by atoms with E-state index in [-0.39, 0.29) is 30.1 Å². The summed E-state index contributed by atoms with van der Waals surface area (Å²) in [5, 5.41) is 0.0518. The van der Waals surface area contributed by atoms with E-state index in [4.69, 9.17) is 44.9 Å². The van der Waals surface area contributed by atoms with Gasteiger partial charge in [0.15, 0.2) is 25.1 Å². The molecule has 0 heterocycles. The summed E-state index contributed by atoms with van der Waals surface area (Å²) < 4.78 is 31.2. The van der Waals surface area contributed by atoms with Crippen molar-refractivity contribution in [1.29, 1.82) is 0 Å². The number of carbonyl (C=O) groups is 1. The average Bonchev–Trinajstić information content (AvgIpc) is 2.62. The number of hydrogen-bond acceptors (Lipinski definition) is 9. The molecule has 1 aromatic carbocycles. The number of halogens is 1. The van der Waals surface area contributed by atoms with E-state index in [1.54, 1.807) is 14.2 Å². The highest BCUT2D eigenvalue weighted by Crippen LogP contribution is 2.41. The normalized spacial score (nSPS) is 10.5. The maximum atomic E-state index is 10.9. The lowest BCUT2D eigenvalue weighted by molar-refractivity contribution is -0.210. The molecule has 10 heteroatoms. The Balaban J connectivity index is 2.74. The van der Waals surface area contributed by atoms with Gasteiger partial charge >= 0.3 is 5.97 Å². The summed E-state index contributed by atoms with van der Waals surface area (Å²) in [7, 11) is 3.13. The number of methoxy groups -OCH3 is 2. The van der Waals surface area contributed by atoms with Gasteiger partial charge in [-0.25, -0.2) is 4.79 Å². The van der Waals surface area contributed by atoms with E-state index >= 15 is 0 Å². The lowest BCUT2D eigenvalue weighted by Gasteiger charge is -2.16. The van der Waals surface area contributed by atoms with Gasteiger partial charge in [-0.1, -0.05) is 11.6 Å². The summed E-state index contributed by atoms with van der Waals surface area (Å²) in [5.74, 6) is -0.0817. The highest BCUT2D eigenvalue weighted by Gasteiger charge is 2.18. The zero-order chi connectivity index (χ0) is 19.2. The zero-order valence-corrected chi connectivity index (χ0v) is 15.7. The Morgan fingerprint density at radius 2 is 1.50 bits per heavy atom. The van der Waals surface area contributed by atoms with Crippen LogP contribution >= 0.6 is 11.6 Å². The van der Waals surface area contributed by atoms with Gasteiger partial charge in [-0.2, -0.15) is 0 Å². The van der Waals surface area contributed by atoms with Gasteiger partial charge in [0.1, 0.15) is 5.02 Å². The molecule has 0 radical (unpaired) electrons. The minimum absolute atomic E-state index is 0.0370. The first-order valence-electron chi connectivity index (χ1n) is 7.66. The second kappa shape index (κ2) is 13.4. The largest absolute Gasteiger partial charge is 0.464 e. The predicted molar refractivity (Wildman–Crippen MR) is 90.5 cm³/mol. The molecular formula is C16H23ClO9. The number of benzene rings is 1. The summed E-state index contributed by atoms with van der Waals surface area (Å²) in [6.07, 6.45) is 0. The fourth-order valence-electron chi connectivity index (χ4n) is 1.54. The van der Waals surface area contributed by atoms with Crippen LogP contribution in [-0.2, 0) is 28.6 Å². The van der Waals surface area contributed by atoms with Crippen LogP contribution in [0.4, 0.5) is 0 Å². The molecular weight excluding hydrogens is 372 g/mol. The molecule has 0 N–H and O–H groups in total. The van der Waals surface area contributed by atoms with E-state index in [2.05, 4.69) is 4.89 Å². The van der Waals surface area contributed by atoms with E-state index in [0.29, 0.717) is 32.2 Å². The summed E-state index contributed by atoms with van der Waals surface area (Å²) in [6.45, 7) is 2.64. The summed E-state index contributed by atoms with van der Waals surface area (Å²) in [5.41, 5.74) is 0. The van der Waals surface area contributed by atoms with E-state index < -0.39 is 5.97 Å². The van der Waals surface area contributed by atoms with Crippen molar-refractivity contribution in [3.63, 3.8) is 0 Å². The number of carbonyl (C=O) groups excluding carboxylic acids is 1. The Bertz CT molecular complexity index is 539. The molecule has 0 saturated carbocycles. The van der Waals surface area contributed by atoms with Gasteiger partial charge in [0.25, 0.3) is 0 Å². The second-order valence-corrected chi connectivity index (χ2v) is 5.07. The molecule has 0 aliphatic rings. The van der Waals surface area contributed by atoms with Crippen molar-refractivity contribution in [1.82, 2.24) is 0 Å². The van der Waals surface area contributed by atoms with Crippen molar-refractivity contribution in [2.75, 3.05) is 54.2 Å². The molecule has 9 nitrogen and oxygen atoms in total. The van der Waals surface area contributed by atoms with Gasteiger partial charge < -0.3 is 28.4 Å². The highest BCUT2D eigenvalue weighted by molar-refractivity contribution is 6.33. The van der Waals surface area contributed by atoms with Gasteiger partial charge in [0.05, 0.1) is 26.4 Å². The van der Waals surface area contributed by atoms with Gasteiger partial charge in [-0.3, -0.25) is 9.78 Å². The number of ether oxygens (including phenoxy) is 6. The molecule has 148 valence electrons. The van der Waals surface area contributed by atoms with Crippen molar-refractivity contribution in [3.8, 4) is 17.2 Å². The molecule has 0 aromatic heterocycles. The van der Waals surface area contributed by atoms with Crippen LogP contribution in [0.5, 0.6) is 17.2 Å². The lowest BCUT2D eigenvalue weighted by Crippen LogP contribution is -2.11. The maximum absolute atomic E-state index is 10.9. The quantitative estimate of drug-likeness (QED) is 0.204. The van der Waals surface area contributed by atoms with E-state index in [1.165, 1.54) is 19.1 Å². The number of hydrogen-bond donors (Lipinski definition) is 0. The third-order valence-corrected chi connectivity index (χ3v) is 3.08. The van der Waals surface area contributed by atoms with Gasteiger partial charge in [0.2, 0.25) is 5.75 Å². The van der Waals surface area contributed by atoms with Crippen LogP contribution in [0, 0.1) is 0 Å². The third-order valence-electron chi connectivity index (χ3n) is 2.72. The summed E-state index contributed by atoms with van der Waals surface area (Å²) in [4.78, 5) is 20.2. The average molecular weight is 395 g/mol. The van der Waals surface area contributed by atoms with Gasteiger partial charge in [0, 0.05) is 21.1 Å². The highest BCUT2D eigenvalue weighted by atomic mass is 35.5. The SMILES string of the molecule is COCCOCOc1ccc(OOC(C)=O)c(Cl)c1OCOCCOC. The van der Waals surface area contributed by atoms with Crippen molar-refractivity contribution in [3.05, 3.63) is 17.2 Å². The molecule has 0 aliphatic carbocycles. The van der Waals surface area contributed by atoms with Crippen LogP contribution in [0.3, 0.4) is 0 Å². The molecule has 26 heavy (non-hydrogen) atoms. The fraction of sp³-hybridized carbons (Fsp3) is 0.562. The molecule has 0 aliphatic heterocycles. The topological polar surface area (TPSA) is 90.9 Å². The number of rotatable bonds is 14. The molecule has 0 unspecified atom stereocenters. The molecule has 0 spiro atoms. The second-order valence-electron chi connectivity index (χ2n) is 4.69. The van der Waals surface area contributed by atoms with E-state index in [9.17, 15) is 4.79 Å². The van der Waals surface area contributed by atoms with Crippen LogP contribution in [-0.4, -0.2) is 60.2 Å². The molecule has 0 saturated heterocycles. The maximum Gasteiger partial charge on any atom is 0.352 e. The fourth-order valence-corrected chi connectivity index (χ4v) is 1.79. The Hall–Kier alpha value is -1.78. The molecule has 0 atom stereocenters. The van der Waals surface area contributed by atoms with Gasteiger partial charge in [-0.05, 0) is 12.1 Å². The van der Waals surface area contributed by atoms with Crippen LogP contribution in [0.15, 0.2) is 12.1 Å². The Morgan fingerprint density at radius 1 is 0.923 bits per heavy atom. The summed E-state index contributed by atoms with van der Waals surface area (Å²) in [6, 6.07) is 3.00. The molecule has 1 aromatic rings. The molecule has 0 fully saturated rings. The molecule has 1 rings (SSSR count). The van der Waals surface area contributed by atoms with Crippen LogP contribution in [0.1, 0.15) is 6.92 Å². The Morgan fingerprint density at radius 3 is 2.08 bits per heavy atom. The van der Waals surface area contributed by atoms with E-state index in [0.717, 1.165) is 0 Å². The first kappa shape index (κ1) is 22.3. The van der Waals surface area contributed by atoms with Crippen molar-refractivity contribution in [2.45, 2.75) is 6.92 Å². The Kier molecular flexibility index (Phi) is 11.5. The zero-order valence-electron chi connectivity index (χ0n) is 14.9. The van der Waals surface area contributed by atoms with Crippen molar-refractivity contribution < 1.29 is 43.0 Å². The minimum Gasteiger partial charge on any atom is -0.464 e. The molecule has 0 amide bonds. The van der Waals surface area contributed by atoms with Crippen LogP contribution in [0.2, 0.25) is 5.02 Å². The summed E-state index contributed by atoms with van der Waals surface area (Å²) >= 11 is 6.24. The smallest absolute Gasteiger partial charge is 0.352 e. The standard InChI is InChI=1S/C16H23ClO9/c1-12(18)25-26-13-4-5-14(23-10-21-8-6-19-2)16(15(13)17)24-11-22-9-7-20-3/h4-5H,6-11H2,1-3H3. The van der Waals surface area contributed by atoms with Crippen molar-refractivity contribution >= 4 is 17.6 Å². The molecule has 0 bridgehead atoms. The monoisotopic (exact) mass is 394 g/mol. The first-order chi connectivity index (χ1) is 12.6. The third kappa shape index (κ3) is 8.54. The van der Waals surface area contributed by atoms with Crippen molar-refractivity contribution in [2.24, 2.45) is 0 Å².